The van der Waals surface area contributed by atoms with Crippen molar-refractivity contribution in [3.63, 3.8) is 0 Å². The Kier molecular flexibility index (Phi) is 4.09. The number of hydrogen-bond donors (Lipinski definition) is 0. The van der Waals surface area contributed by atoms with Crippen molar-refractivity contribution in [1.82, 2.24) is 14.8 Å². The van der Waals surface area contributed by atoms with Crippen LogP contribution < -0.4 is 5.56 Å². The van der Waals surface area contributed by atoms with Crippen LogP contribution >= 0.6 is 0 Å². The summed E-state index contributed by atoms with van der Waals surface area (Å²) in [7, 11) is 0. The number of nitriles is 1. The van der Waals surface area contributed by atoms with E-state index in [2.05, 4.69) is 10.2 Å². The van der Waals surface area contributed by atoms with Gasteiger partial charge in [0, 0.05) is 23.9 Å². The molecule has 0 bridgehead atoms. The lowest BCUT2D eigenvalue weighted by molar-refractivity contribution is -0.384. The van der Waals surface area contributed by atoms with Crippen LogP contribution in [0.25, 0.3) is 11.5 Å². The van der Waals surface area contributed by atoms with Gasteiger partial charge in [-0.15, -0.1) is 10.2 Å². The van der Waals surface area contributed by atoms with Crippen molar-refractivity contribution in [2.45, 2.75) is 13.5 Å². The van der Waals surface area contributed by atoms with Gasteiger partial charge in [0.25, 0.3) is 11.2 Å². The van der Waals surface area contributed by atoms with E-state index in [9.17, 15) is 14.9 Å². The molecule has 0 aliphatic rings. The van der Waals surface area contributed by atoms with Crippen molar-refractivity contribution in [3.8, 4) is 17.5 Å². The van der Waals surface area contributed by atoms with Gasteiger partial charge in [-0.05, 0) is 30.7 Å². The molecule has 0 spiro atoms. The molecule has 0 saturated heterocycles. The van der Waals surface area contributed by atoms with E-state index in [0.29, 0.717) is 11.1 Å². The molecule has 0 radical (unpaired) electrons. The molecule has 2 aromatic heterocycles. The Morgan fingerprint density at radius 1 is 1.28 bits per heavy atom. The van der Waals surface area contributed by atoms with Gasteiger partial charge in [-0.25, -0.2) is 0 Å². The molecule has 0 N–H and O–H groups in total. The maximum absolute atomic E-state index is 12.2. The van der Waals surface area contributed by atoms with Crippen molar-refractivity contribution in [1.29, 1.82) is 5.26 Å². The molecule has 3 aromatic rings. The van der Waals surface area contributed by atoms with Gasteiger partial charge in [0.2, 0.25) is 11.8 Å². The lowest BCUT2D eigenvalue weighted by Gasteiger charge is -2.04. The summed E-state index contributed by atoms with van der Waals surface area (Å²) in [6, 6.07) is 9.22. The first-order valence-electron chi connectivity index (χ1n) is 7.17. The minimum Gasteiger partial charge on any atom is -0.419 e. The normalized spacial score (nSPS) is 10.4. The summed E-state index contributed by atoms with van der Waals surface area (Å²) in [5, 5.41) is 27.5. The fourth-order valence-electron chi connectivity index (χ4n) is 2.23. The standard InChI is InChI=1S/C16H11N5O4/c1-10-6-7-20(16(22)13(10)8-17)9-14-18-19-15(25-14)11-2-4-12(5-3-11)21(23)24/h2-7H,9H2,1H3. The zero-order valence-corrected chi connectivity index (χ0v) is 13.0. The van der Waals surface area contributed by atoms with Gasteiger partial charge in [-0.2, -0.15) is 5.26 Å². The number of hydrogen-bond acceptors (Lipinski definition) is 7. The molecule has 3 rings (SSSR count). The number of non-ortho nitro benzene ring substituents is 1. The molecule has 0 aliphatic carbocycles. The van der Waals surface area contributed by atoms with Gasteiger partial charge >= 0.3 is 0 Å². The van der Waals surface area contributed by atoms with E-state index in [-0.39, 0.29) is 29.6 Å². The van der Waals surface area contributed by atoms with Crippen molar-refractivity contribution >= 4 is 5.69 Å². The molecule has 9 nitrogen and oxygen atoms in total. The number of aryl methyl sites for hydroxylation is 1. The molecular weight excluding hydrogens is 326 g/mol. The minimum atomic E-state index is -0.500. The van der Waals surface area contributed by atoms with Crippen LogP contribution in [-0.4, -0.2) is 19.7 Å². The molecular formula is C16H11N5O4. The molecule has 0 aliphatic heterocycles. The summed E-state index contributed by atoms with van der Waals surface area (Å²) < 4.78 is 6.80. The lowest BCUT2D eigenvalue weighted by atomic mass is 10.2. The van der Waals surface area contributed by atoms with Crippen LogP contribution in [0.5, 0.6) is 0 Å². The highest BCUT2D eigenvalue weighted by Crippen LogP contribution is 2.21. The highest BCUT2D eigenvalue weighted by atomic mass is 16.6. The molecule has 1 aromatic carbocycles. The maximum Gasteiger partial charge on any atom is 0.269 e. The second kappa shape index (κ2) is 6.37. The molecule has 0 saturated carbocycles. The highest BCUT2D eigenvalue weighted by molar-refractivity contribution is 5.55. The molecule has 0 fully saturated rings. The van der Waals surface area contributed by atoms with Crippen molar-refractivity contribution in [3.05, 3.63) is 74.0 Å². The van der Waals surface area contributed by atoms with Crippen LogP contribution in [0.1, 0.15) is 17.0 Å². The number of nitro groups is 1. The van der Waals surface area contributed by atoms with E-state index in [4.69, 9.17) is 9.68 Å². The Morgan fingerprint density at radius 2 is 2.00 bits per heavy atom. The smallest absolute Gasteiger partial charge is 0.269 e. The van der Waals surface area contributed by atoms with Crippen LogP contribution in [0.2, 0.25) is 0 Å². The Morgan fingerprint density at radius 3 is 2.64 bits per heavy atom. The predicted molar refractivity (Wildman–Crippen MR) is 85.6 cm³/mol. The molecule has 0 amide bonds. The third-order valence-corrected chi connectivity index (χ3v) is 3.58. The Hall–Kier alpha value is -3.80. The first-order chi connectivity index (χ1) is 12.0. The fraction of sp³-hybridized carbons (Fsp3) is 0.125. The van der Waals surface area contributed by atoms with Crippen LogP contribution in [0.3, 0.4) is 0 Å². The zero-order chi connectivity index (χ0) is 18.0. The second-order valence-electron chi connectivity index (χ2n) is 5.22. The largest absolute Gasteiger partial charge is 0.419 e. The van der Waals surface area contributed by atoms with Gasteiger partial charge in [0.1, 0.15) is 18.2 Å². The summed E-state index contributed by atoms with van der Waals surface area (Å²) in [5.41, 5.74) is 0.716. The second-order valence-corrected chi connectivity index (χ2v) is 5.22. The van der Waals surface area contributed by atoms with Crippen LogP contribution in [-0.2, 0) is 6.54 Å². The molecule has 25 heavy (non-hydrogen) atoms. The van der Waals surface area contributed by atoms with Crippen LogP contribution in [0, 0.1) is 28.4 Å². The van der Waals surface area contributed by atoms with Crippen molar-refractivity contribution in [2.75, 3.05) is 0 Å². The third kappa shape index (κ3) is 3.13. The number of pyridine rings is 1. The predicted octanol–water partition coefficient (Wildman–Crippen LogP) is 2.03. The number of rotatable bonds is 4. The number of aromatic nitrogens is 3. The number of nitrogens with zero attached hydrogens (tertiary/aromatic N) is 5. The first-order valence-corrected chi connectivity index (χ1v) is 7.17. The van der Waals surface area contributed by atoms with Gasteiger partial charge in [0.05, 0.1) is 4.92 Å². The van der Waals surface area contributed by atoms with Crippen molar-refractivity contribution in [2.24, 2.45) is 0 Å². The Labute approximate surface area is 140 Å². The maximum atomic E-state index is 12.2. The first kappa shape index (κ1) is 16.1. The molecule has 124 valence electrons. The fourth-order valence-corrected chi connectivity index (χ4v) is 2.23. The third-order valence-electron chi connectivity index (χ3n) is 3.58. The summed E-state index contributed by atoms with van der Waals surface area (Å²) in [6.45, 7) is 1.71. The average Bonchev–Trinajstić information content (AvgIpc) is 3.06. The molecule has 9 heteroatoms. The summed E-state index contributed by atoms with van der Waals surface area (Å²) in [5.74, 6) is 0.369. The average molecular weight is 337 g/mol. The van der Waals surface area contributed by atoms with E-state index in [0.717, 1.165) is 0 Å². The summed E-state index contributed by atoms with van der Waals surface area (Å²) in [6.07, 6.45) is 1.55. The lowest BCUT2D eigenvalue weighted by Crippen LogP contribution is -2.23. The SMILES string of the molecule is Cc1ccn(Cc2nnc(-c3ccc([N+](=O)[O-])cc3)o2)c(=O)c1C#N. The van der Waals surface area contributed by atoms with Gasteiger partial charge in [-0.1, -0.05) is 0 Å². The van der Waals surface area contributed by atoms with Crippen molar-refractivity contribution < 1.29 is 9.34 Å². The minimum absolute atomic E-state index is 0.0216. The van der Waals surface area contributed by atoms with Crippen LogP contribution in [0.4, 0.5) is 5.69 Å². The van der Waals surface area contributed by atoms with Gasteiger partial charge in [0.15, 0.2) is 0 Å². The van der Waals surface area contributed by atoms with E-state index in [1.54, 1.807) is 19.2 Å². The quantitative estimate of drug-likeness (QED) is 0.526. The van der Waals surface area contributed by atoms with Gasteiger partial charge in [-0.3, -0.25) is 14.9 Å². The summed E-state index contributed by atoms with van der Waals surface area (Å²) >= 11 is 0. The van der Waals surface area contributed by atoms with Gasteiger partial charge < -0.3 is 8.98 Å². The van der Waals surface area contributed by atoms with E-state index >= 15 is 0 Å². The van der Waals surface area contributed by atoms with Crippen LogP contribution in [0.15, 0.2) is 45.7 Å². The number of nitro benzene ring substituents is 1. The topological polar surface area (TPSA) is 128 Å². The molecule has 0 atom stereocenters. The Balaban J connectivity index is 1.87. The molecule has 2 heterocycles. The van der Waals surface area contributed by atoms with E-state index in [1.807, 2.05) is 6.07 Å². The highest BCUT2D eigenvalue weighted by Gasteiger charge is 2.13. The number of benzene rings is 1. The Bertz CT molecular complexity index is 1040. The monoisotopic (exact) mass is 337 g/mol. The van der Waals surface area contributed by atoms with E-state index in [1.165, 1.54) is 28.8 Å². The summed E-state index contributed by atoms with van der Waals surface area (Å²) in [4.78, 5) is 22.4. The zero-order valence-electron chi connectivity index (χ0n) is 13.0. The molecule has 0 unspecified atom stereocenters. The van der Waals surface area contributed by atoms with E-state index < -0.39 is 10.5 Å².